The van der Waals surface area contributed by atoms with Gasteiger partial charge in [-0.3, -0.25) is 0 Å². The normalized spacial score (nSPS) is 10.4. The van der Waals surface area contributed by atoms with E-state index < -0.39 is 0 Å². The quantitative estimate of drug-likeness (QED) is 0.848. The number of aryl methyl sites for hydroxylation is 2. The first-order valence-electron chi connectivity index (χ1n) is 5.58. The fourth-order valence-electron chi connectivity index (χ4n) is 1.66. The molecule has 2 N–H and O–H groups in total. The Kier molecular flexibility index (Phi) is 3.59. The second-order valence-corrected chi connectivity index (χ2v) is 3.77. The Labute approximate surface area is 100 Å². The zero-order valence-electron chi connectivity index (χ0n) is 9.84. The highest BCUT2D eigenvalue weighted by molar-refractivity contribution is 5.18. The largest absolute Gasteiger partial charge is 0.466 e. The molecule has 2 aromatic rings. The van der Waals surface area contributed by atoms with E-state index in [9.17, 15) is 0 Å². The molecule has 5 heteroatoms. The number of nitrogen functional groups attached to an aromatic ring is 1. The van der Waals surface area contributed by atoms with Crippen molar-refractivity contribution in [2.75, 3.05) is 12.8 Å². The summed E-state index contributed by atoms with van der Waals surface area (Å²) in [5.74, 6) is 0.398. The van der Waals surface area contributed by atoms with E-state index in [0.717, 1.165) is 19.4 Å². The molecule has 0 atom stereocenters. The summed E-state index contributed by atoms with van der Waals surface area (Å²) < 4.78 is 6.59. The van der Waals surface area contributed by atoms with Crippen LogP contribution in [0.5, 0.6) is 6.01 Å². The second kappa shape index (κ2) is 5.34. The molecule has 0 radical (unpaired) electrons. The van der Waals surface area contributed by atoms with Gasteiger partial charge in [0.25, 0.3) is 0 Å². The predicted molar refractivity (Wildman–Crippen MR) is 65.7 cm³/mol. The fraction of sp³-hybridized carbons (Fsp3) is 0.333. The average Bonchev–Trinajstić information content (AvgIpc) is 2.72. The van der Waals surface area contributed by atoms with Gasteiger partial charge in [-0.25, -0.2) is 4.68 Å². The van der Waals surface area contributed by atoms with E-state index in [2.05, 4.69) is 22.2 Å². The lowest BCUT2D eigenvalue weighted by molar-refractivity contribution is 0.375. The van der Waals surface area contributed by atoms with Gasteiger partial charge in [-0.05, 0) is 18.4 Å². The summed E-state index contributed by atoms with van der Waals surface area (Å²) in [5.41, 5.74) is 7.02. The smallest absolute Gasteiger partial charge is 0.337 e. The van der Waals surface area contributed by atoms with Crippen molar-refractivity contribution in [3.8, 4) is 6.01 Å². The number of hydrogen-bond acceptors (Lipinski definition) is 4. The van der Waals surface area contributed by atoms with E-state index in [1.54, 1.807) is 4.68 Å². The van der Waals surface area contributed by atoms with Crippen molar-refractivity contribution in [3.63, 3.8) is 0 Å². The zero-order valence-corrected chi connectivity index (χ0v) is 9.84. The Morgan fingerprint density at radius 2 is 2.06 bits per heavy atom. The molecule has 0 bridgehead atoms. The molecular formula is C12H16N4O. The van der Waals surface area contributed by atoms with Crippen LogP contribution in [0, 0.1) is 0 Å². The van der Waals surface area contributed by atoms with Crippen molar-refractivity contribution in [3.05, 3.63) is 35.9 Å². The van der Waals surface area contributed by atoms with Crippen LogP contribution < -0.4 is 10.5 Å². The van der Waals surface area contributed by atoms with Gasteiger partial charge in [-0.15, -0.1) is 5.10 Å². The number of benzene rings is 1. The van der Waals surface area contributed by atoms with E-state index >= 15 is 0 Å². The first kappa shape index (κ1) is 11.4. The summed E-state index contributed by atoms with van der Waals surface area (Å²) >= 11 is 0. The Bertz CT molecular complexity index is 467. The molecule has 90 valence electrons. The predicted octanol–water partition coefficient (Wildman–Crippen LogP) is 1.50. The van der Waals surface area contributed by atoms with Gasteiger partial charge in [-0.1, -0.05) is 30.3 Å². The van der Waals surface area contributed by atoms with E-state index in [4.69, 9.17) is 10.5 Å². The molecule has 0 aliphatic rings. The number of ether oxygens (including phenoxy) is 1. The van der Waals surface area contributed by atoms with E-state index in [-0.39, 0.29) is 0 Å². The first-order valence-corrected chi connectivity index (χ1v) is 5.58. The SMILES string of the molecule is COc1nc(N)n(CCCc2ccccc2)n1. The third kappa shape index (κ3) is 2.96. The van der Waals surface area contributed by atoms with Gasteiger partial charge in [0.2, 0.25) is 5.95 Å². The number of nitrogens with two attached hydrogens (primary N) is 1. The Balaban J connectivity index is 1.88. The highest BCUT2D eigenvalue weighted by Crippen LogP contribution is 2.09. The maximum Gasteiger partial charge on any atom is 0.337 e. The van der Waals surface area contributed by atoms with E-state index in [1.807, 2.05) is 18.2 Å². The van der Waals surface area contributed by atoms with Crippen LogP contribution in [0.25, 0.3) is 0 Å². The van der Waals surface area contributed by atoms with Crippen molar-refractivity contribution in [1.82, 2.24) is 14.8 Å². The van der Waals surface area contributed by atoms with Crippen LogP contribution in [-0.4, -0.2) is 21.9 Å². The third-order valence-electron chi connectivity index (χ3n) is 2.54. The van der Waals surface area contributed by atoms with Gasteiger partial charge in [0, 0.05) is 6.54 Å². The van der Waals surface area contributed by atoms with Crippen molar-refractivity contribution in [2.45, 2.75) is 19.4 Å². The van der Waals surface area contributed by atoms with Gasteiger partial charge < -0.3 is 10.5 Å². The molecule has 1 heterocycles. The lowest BCUT2D eigenvalue weighted by atomic mass is 10.1. The summed E-state index contributed by atoms with van der Waals surface area (Å²) in [6.07, 6.45) is 1.98. The third-order valence-corrected chi connectivity index (χ3v) is 2.54. The van der Waals surface area contributed by atoms with Crippen LogP contribution in [0.1, 0.15) is 12.0 Å². The van der Waals surface area contributed by atoms with Gasteiger partial charge in [0.15, 0.2) is 0 Å². The summed E-state index contributed by atoms with van der Waals surface area (Å²) in [6.45, 7) is 0.747. The summed E-state index contributed by atoms with van der Waals surface area (Å²) in [6, 6.07) is 10.7. The minimum atomic E-state index is 0.321. The number of nitrogens with zero attached hydrogens (tertiary/aromatic N) is 3. The maximum absolute atomic E-state index is 5.71. The molecule has 5 nitrogen and oxygen atoms in total. The molecule has 0 saturated heterocycles. The maximum atomic E-state index is 5.71. The van der Waals surface area contributed by atoms with Crippen LogP contribution in [-0.2, 0) is 13.0 Å². The molecule has 0 unspecified atom stereocenters. The molecule has 0 aliphatic carbocycles. The number of anilines is 1. The summed E-state index contributed by atoms with van der Waals surface area (Å²) in [7, 11) is 1.53. The molecule has 0 spiro atoms. The number of methoxy groups -OCH3 is 1. The topological polar surface area (TPSA) is 66.0 Å². The minimum Gasteiger partial charge on any atom is -0.466 e. The van der Waals surface area contributed by atoms with Crippen LogP contribution in [0.4, 0.5) is 5.95 Å². The monoisotopic (exact) mass is 232 g/mol. The number of rotatable bonds is 5. The highest BCUT2D eigenvalue weighted by Gasteiger charge is 2.05. The molecule has 0 aliphatic heterocycles. The average molecular weight is 232 g/mol. The molecule has 17 heavy (non-hydrogen) atoms. The summed E-state index contributed by atoms with van der Waals surface area (Å²) in [4.78, 5) is 3.96. The molecule has 1 aromatic heterocycles. The lowest BCUT2D eigenvalue weighted by Crippen LogP contribution is -2.06. The van der Waals surface area contributed by atoms with Crippen LogP contribution >= 0.6 is 0 Å². The van der Waals surface area contributed by atoms with Crippen LogP contribution in [0.3, 0.4) is 0 Å². The van der Waals surface area contributed by atoms with Crippen molar-refractivity contribution in [2.24, 2.45) is 0 Å². The molecule has 0 amide bonds. The Morgan fingerprint density at radius 3 is 2.71 bits per heavy atom. The zero-order chi connectivity index (χ0) is 12.1. The van der Waals surface area contributed by atoms with Crippen molar-refractivity contribution in [1.29, 1.82) is 0 Å². The van der Waals surface area contributed by atoms with Gasteiger partial charge >= 0.3 is 6.01 Å². The second-order valence-electron chi connectivity index (χ2n) is 3.77. The first-order chi connectivity index (χ1) is 8.29. The van der Waals surface area contributed by atoms with Gasteiger partial charge in [0.1, 0.15) is 0 Å². The van der Waals surface area contributed by atoms with E-state index in [1.165, 1.54) is 12.7 Å². The van der Waals surface area contributed by atoms with Gasteiger partial charge in [-0.2, -0.15) is 4.98 Å². The van der Waals surface area contributed by atoms with Gasteiger partial charge in [0.05, 0.1) is 7.11 Å². The van der Waals surface area contributed by atoms with Crippen molar-refractivity contribution >= 4 is 5.95 Å². The molecule has 1 aromatic carbocycles. The number of hydrogen-bond donors (Lipinski definition) is 1. The Hall–Kier alpha value is -2.04. The Morgan fingerprint density at radius 1 is 1.29 bits per heavy atom. The standard InChI is InChI=1S/C12H16N4O/c1-17-12-14-11(13)16(15-12)9-5-8-10-6-3-2-4-7-10/h2-4,6-7H,5,8-9H2,1H3,(H2,13,14,15). The van der Waals surface area contributed by atoms with Crippen LogP contribution in [0.2, 0.25) is 0 Å². The fourth-order valence-corrected chi connectivity index (χ4v) is 1.66. The molecule has 2 rings (SSSR count). The van der Waals surface area contributed by atoms with Crippen molar-refractivity contribution < 1.29 is 4.74 Å². The summed E-state index contributed by atoms with van der Waals surface area (Å²) in [5, 5.41) is 4.12. The number of aromatic nitrogens is 3. The highest BCUT2D eigenvalue weighted by atomic mass is 16.5. The molecule has 0 fully saturated rings. The molecular weight excluding hydrogens is 216 g/mol. The lowest BCUT2D eigenvalue weighted by Gasteiger charge is -2.02. The van der Waals surface area contributed by atoms with E-state index in [0.29, 0.717) is 12.0 Å². The molecule has 0 saturated carbocycles. The van der Waals surface area contributed by atoms with Crippen LogP contribution in [0.15, 0.2) is 30.3 Å². The minimum absolute atomic E-state index is 0.321.